The first kappa shape index (κ1) is 23.2. The Bertz CT molecular complexity index is 831. The van der Waals surface area contributed by atoms with E-state index in [0.717, 1.165) is 36.5 Å². The van der Waals surface area contributed by atoms with Crippen LogP contribution in [-0.4, -0.2) is 11.2 Å². The van der Waals surface area contributed by atoms with E-state index in [1.165, 1.54) is 62.5 Å². The average molecular weight is 439 g/mol. The summed E-state index contributed by atoms with van der Waals surface area (Å²) in [5, 5.41) is 10.9. The highest BCUT2D eigenvalue weighted by Gasteiger charge is 2.82. The van der Waals surface area contributed by atoms with Crippen LogP contribution in [0.5, 0.6) is 0 Å². The van der Waals surface area contributed by atoms with Crippen LogP contribution in [0.15, 0.2) is 23.8 Å². The van der Waals surface area contributed by atoms with Crippen molar-refractivity contribution in [2.45, 2.75) is 119 Å². The van der Waals surface area contributed by atoms with Gasteiger partial charge in [0.05, 0.1) is 6.10 Å². The van der Waals surface area contributed by atoms with Crippen molar-refractivity contribution >= 4 is 0 Å². The summed E-state index contributed by atoms with van der Waals surface area (Å²) in [4.78, 5) is 0. The van der Waals surface area contributed by atoms with Crippen molar-refractivity contribution in [3.8, 4) is 0 Å². The summed E-state index contributed by atoms with van der Waals surface area (Å²) in [5.41, 5.74) is 4.94. The number of aliphatic hydroxyl groups is 1. The van der Waals surface area contributed by atoms with E-state index in [-0.39, 0.29) is 11.5 Å². The van der Waals surface area contributed by atoms with E-state index in [1.807, 2.05) is 0 Å². The monoisotopic (exact) mass is 438 g/mol. The largest absolute Gasteiger partial charge is 0.393 e. The fraction of sp³-hybridized carbons (Fsp3) is 0.871. The average Bonchev–Trinajstić information content (AvgIpc) is 3.27. The third-order valence-corrected chi connectivity index (χ3v) is 12.9. The van der Waals surface area contributed by atoms with Gasteiger partial charge >= 0.3 is 0 Å². The lowest BCUT2D eigenvalue weighted by molar-refractivity contribution is -0.161. The third kappa shape index (κ3) is 2.73. The summed E-state index contributed by atoms with van der Waals surface area (Å²) >= 11 is 0. The van der Waals surface area contributed by atoms with Crippen LogP contribution in [0.2, 0.25) is 0 Å². The standard InChI is InChI=1S/C31H50O/c1-20(2)17-21(3)18-22(4)23-11-13-29(8)25-10-9-24-27(5,6)26(32)12-14-30(24)19-31(25,30)16-15-28(23,29)7/h17,22-26,32H,3,9-16,18-19H2,1-2,4-8H3/t22-,23-,24+,25+,26+,28-,29+,30-,31+/m1/s1. The van der Waals surface area contributed by atoms with Crippen molar-refractivity contribution in [1.82, 2.24) is 0 Å². The van der Waals surface area contributed by atoms with Crippen molar-refractivity contribution in [3.05, 3.63) is 23.8 Å². The zero-order chi connectivity index (χ0) is 23.3. The van der Waals surface area contributed by atoms with Crippen LogP contribution in [0.25, 0.3) is 0 Å². The second-order valence-corrected chi connectivity index (χ2v) is 14.6. The molecule has 9 atom stereocenters. The molecular weight excluding hydrogens is 388 g/mol. The predicted molar refractivity (Wildman–Crippen MR) is 135 cm³/mol. The smallest absolute Gasteiger partial charge is 0.0594 e. The van der Waals surface area contributed by atoms with Crippen LogP contribution in [0.4, 0.5) is 0 Å². The van der Waals surface area contributed by atoms with Crippen LogP contribution < -0.4 is 0 Å². The second-order valence-electron chi connectivity index (χ2n) is 14.6. The SMILES string of the molecule is C=C(C=C(C)C)C[C@@H](C)[C@H]1CC[C@@]2(C)[C@@H]3CC[C@H]4C(C)(C)[C@@H](O)CC[C@@]45C[C@@]35CC[C@]12C. The molecule has 0 amide bonds. The lowest BCUT2D eigenvalue weighted by Gasteiger charge is -2.63. The molecule has 5 fully saturated rings. The van der Waals surface area contributed by atoms with E-state index >= 15 is 0 Å². The van der Waals surface area contributed by atoms with Crippen molar-refractivity contribution in [2.24, 2.45) is 50.7 Å². The summed E-state index contributed by atoms with van der Waals surface area (Å²) in [6.07, 6.45) is 15.7. The van der Waals surface area contributed by atoms with Gasteiger partial charge in [0.25, 0.3) is 0 Å². The Kier molecular flexibility index (Phi) is 5.07. The minimum Gasteiger partial charge on any atom is -0.393 e. The molecule has 5 aliphatic rings. The first-order valence-electron chi connectivity index (χ1n) is 13.8. The fourth-order valence-electron chi connectivity index (χ4n) is 11.3. The maximum atomic E-state index is 10.9. The van der Waals surface area contributed by atoms with Gasteiger partial charge in [-0.05, 0) is 129 Å². The predicted octanol–water partition coefficient (Wildman–Crippen LogP) is 8.34. The molecule has 5 saturated carbocycles. The molecule has 0 aliphatic heterocycles. The van der Waals surface area contributed by atoms with E-state index < -0.39 is 0 Å². The van der Waals surface area contributed by atoms with Gasteiger partial charge in [-0.1, -0.05) is 58.4 Å². The maximum absolute atomic E-state index is 10.9. The molecule has 0 heterocycles. The molecule has 0 aromatic rings. The molecule has 0 radical (unpaired) electrons. The molecule has 0 bridgehead atoms. The minimum absolute atomic E-state index is 0.0950. The Hall–Kier alpha value is -0.560. The van der Waals surface area contributed by atoms with Crippen molar-refractivity contribution < 1.29 is 5.11 Å². The molecule has 0 aromatic heterocycles. The first-order chi connectivity index (χ1) is 14.8. The molecule has 180 valence electrons. The van der Waals surface area contributed by atoms with Crippen LogP contribution >= 0.6 is 0 Å². The second kappa shape index (κ2) is 6.99. The van der Waals surface area contributed by atoms with E-state index in [2.05, 4.69) is 61.1 Å². The van der Waals surface area contributed by atoms with E-state index in [1.54, 1.807) is 0 Å². The highest BCUT2D eigenvalue weighted by molar-refractivity contribution is 5.31. The maximum Gasteiger partial charge on any atom is 0.0594 e. The molecule has 1 nitrogen and oxygen atoms in total. The van der Waals surface area contributed by atoms with Crippen molar-refractivity contribution in [1.29, 1.82) is 0 Å². The molecule has 0 unspecified atom stereocenters. The highest BCUT2D eigenvalue weighted by Crippen LogP contribution is 2.89. The summed E-state index contributed by atoms with van der Waals surface area (Å²) in [6.45, 7) is 21.5. The Morgan fingerprint density at radius 1 is 0.906 bits per heavy atom. The Morgan fingerprint density at radius 2 is 1.56 bits per heavy atom. The van der Waals surface area contributed by atoms with Gasteiger partial charge < -0.3 is 5.11 Å². The number of allylic oxidation sites excluding steroid dienone is 3. The van der Waals surface area contributed by atoms with Gasteiger partial charge in [-0.15, -0.1) is 0 Å². The summed E-state index contributed by atoms with van der Waals surface area (Å²) < 4.78 is 0. The molecule has 0 aromatic carbocycles. The van der Waals surface area contributed by atoms with Gasteiger partial charge in [-0.3, -0.25) is 0 Å². The molecule has 1 N–H and O–H groups in total. The fourth-order valence-corrected chi connectivity index (χ4v) is 11.3. The zero-order valence-corrected chi connectivity index (χ0v) is 22.2. The Balaban J connectivity index is 1.42. The molecule has 1 heteroatoms. The Morgan fingerprint density at radius 3 is 2.25 bits per heavy atom. The van der Waals surface area contributed by atoms with Gasteiger partial charge in [0.1, 0.15) is 0 Å². The van der Waals surface area contributed by atoms with Gasteiger partial charge in [0.15, 0.2) is 0 Å². The van der Waals surface area contributed by atoms with Crippen LogP contribution in [0, 0.1) is 50.7 Å². The van der Waals surface area contributed by atoms with Gasteiger partial charge in [-0.2, -0.15) is 0 Å². The van der Waals surface area contributed by atoms with E-state index in [4.69, 9.17) is 0 Å². The molecule has 2 spiro atoms. The number of hydrogen-bond donors (Lipinski definition) is 1. The molecular formula is C31H50O. The first-order valence-corrected chi connectivity index (χ1v) is 13.8. The molecule has 32 heavy (non-hydrogen) atoms. The topological polar surface area (TPSA) is 20.2 Å². The van der Waals surface area contributed by atoms with Gasteiger partial charge in [-0.25, -0.2) is 0 Å². The normalized spacial score (nSPS) is 51.5. The number of aliphatic hydroxyl groups excluding tert-OH is 1. The third-order valence-electron chi connectivity index (χ3n) is 12.9. The minimum atomic E-state index is -0.0950. The zero-order valence-electron chi connectivity index (χ0n) is 22.2. The van der Waals surface area contributed by atoms with Crippen molar-refractivity contribution in [2.75, 3.05) is 0 Å². The molecule has 5 aliphatic carbocycles. The van der Waals surface area contributed by atoms with Gasteiger partial charge in [0.2, 0.25) is 0 Å². The highest BCUT2D eigenvalue weighted by atomic mass is 16.3. The quantitative estimate of drug-likeness (QED) is 0.437. The van der Waals surface area contributed by atoms with Crippen LogP contribution in [0.3, 0.4) is 0 Å². The van der Waals surface area contributed by atoms with Gasteiger partial charge in [0, 0.05) is 0 Å². The molecule has 5 rings (SSSR count). The molecule has 0 saturated heterocycles. The van der Waals surface area contributed by atoms with Crippen molar-refractivity contribution in [3.63, 3.8) is 0 Å². The summed E-state index contributed by atoms with van der Waals surface area (Å²) in [7, 11) is 0. The van der Waals surface area contributed by atoms with E-state index in [0.29, 0.717) is 21.7 Å². The van der Waals surface area contributed by atoms with E-state index in [9.17, 15) is 5.11 Å². The lowest BCUT2D eigenvalue weighted by atomic mass is 9.41. The van der Waals surface area contributed by atoms with Crippen LogP contribution in [0.1, 0.15) is 113 Å². The lowest BCUT2D eigenvalue weighted by Crippen LogP contribution is -2.57. The number of fused-ring (bicyclic) bond motifs is 2. The summed E-state index contributed by atoms with van der Waals surface area (Å²) in [5.74, 6) is 3.22. The number of hydrogen-bond acceptors (Lipinski definition) is 1. The van der Waals surface area contributed by atoms with Crippen LogP contribution in [-0.2, 0) is 0 Å². The number of rotatable bonds is 4. The Labute approximate surface area is 198 Å². The summed E-state index contributed by atoms with van der Waals surface area (Å²) in [6, 6.07) is 0.